The van der Waals surface area contributed by atoms with Crippen LogP contribution in [0.15, 0.2) is 39.8 Å². The van der Waals surface area contributed by atoms with Gasteiger partial charge in [-0.2, -0.15) is 0 Å². The van der Waals surface area contributed by atoms with Crippen molar-refractivity contribution in [3.63, 3.8) is 0 Å². The number of aryl methyl sites for hydroxylation is 1. The summed E-state index contributed by atoms with van der Waals surface area (Å²) >= 11 is 1.45. The van der Waals surface area contributed by atoms with Crippen LogP contribution in [-0.2, 0) is 4.79 Å². The van der Waals surface area contributed by atoms with Gasteiger partial charge in [0.15, 0.2) is 5.82 Å². The van der Waals surface area contributed by atoms with Crippen molar-refractivity contribution in [2.24, 2.45) is 0 Å². The highest BCUT2D eigenvalue weighted by Crippen LogP contribution is 2.21. The number of benzene rings is 1. The highest BCUT2D eigenvalue weighted by atomic mass is 32.2. The van der Waals surface area contributed by atoms with E-state index in [-0.39, 0.29) is 5.91 Å². The van der Waals surface area contributed by atoms with Gasteiger partial charge in [-0.3, -0.25) is 4.79 Å². The number of rotatable bonds is 5. The summed E-state index contributed by atoms with van der Waals surface area (Å²) in [7, 11) is 1.62. The SMILES string of the molecule is COc1ccc(SCC(=O)Nc2cc(C)on2)cc1. The van der Waals surface area contributed by atoms with Crippen LogP contribution < -0.4 is 10.1 Å². The van der Waals surface area contributed by atoms with Crippen molar-refractivity contribution >= 4 is 23.5 Å². The van der Waals surface area contributed by atoms with Crippen LogP contribution in [0.25, 0.3) is 0 Å². The van der Waals surface area contributed by atoms with Crippen LogP contribution in [0.3, 0.4) is 0 Å². The fourth-order valence-corrected chi connectivity index (χ4v) is 2.12. The molecule has 6 heteroatoms. The number of anilines is 1. The Bertz CT molecular complexity index is 551. The first kappa shape index (κ1) is 13.5. The predicted molar refractivity (Wildman–Crippen MR) is 73.6 cm³/mol. The Kier molecular flexibility index (Phi) is 4.46. The minimum atomic E-state index is -0.117. The molecule has 100 valence electrons. The van der Waals surface area contributed by atoms with Crippen molar-refractivity contribution in [3.8, 4) is 5.75 Å². The lowest BCUT2D eigenvalue weighted by Crippen LogP contribution is -2.14. The van der Waals surface area contributed by atoms with Crippen molar-refractivity contribution in [3.05, 3.63) is 36.1 Å². The molecule has 1 amide bonds. The molecule has 0 aliphatic carbocycles. The Morgan fingerprint density at radius 2 is 2.16 bits per heavy atom. The van der Waals surface area contributed by atoms with E-state index < -0.39 is 0 Å². The molecule has 1 aromatic carbocycles. The molecular weight excluding hydrogens is 264 g/mol. The number of methoxy groups -OCH3 is 1. The smallest absolute Gasteiger partial charge is 0.235 e. The number of ether oxygens (including phenoxy) is 1. The molecule has 0 spiro atoms. The number of nitrogens with zero attached hydrogens (tertiary/aromatic N) is 1. The number of amides is 1. The third kappa shape index (κ3) is 4.03. The Labute approximate surface area is 115 Å². The monoisotopic (exact) mass is 278 g/mol. The summed E-state index contributed by atoms with van der Waals surface area (Å²) in [4.78, 5) is 12.7. The zero-order chi connectivity index (χ0) is 13.7. The zero-order valence-corrected chi connectivity index (χ0v) is 11.5. The minimum Gasteiger partial charge on any atom is -0.497 e. The maximum atomic E-state index is 11.7. The predicted octanol–water partition coefficient (Wildman–Crippen LogP) is 2.72. The average molecular weight is 278 g/mol. The topological polar surface area (TPSA) is 64.4 Å². The van der Waals surface area contributed by atoms with Gasteiger partial charge in [0.2, 0.25) is 5.91 Å². The normalized spacial score (nSPS) is 10.2. The molecule has 0 aliphatic heterocycles. The lowest BCUT2D eigenvalue weighted by Gasteiger charge is -2.03. The van der Waals surface area contributed by atoms with Gasteiger partial charge in [0.05, 0.1) is 12.9 Å². The van der Waals surface area contributed by atoms with Crippen molar-refractivity contribution in [2.75, 3.05) is 18.2 Å². The minimum absolute atomic E-state index is 0.117. The molecule has 0 aliphatic rings. The maximum absolute atomic E-state index is 11.7. The second-order valence-electron chi connectivity index (χ2n) is 3.84. The molecule has 0 fully saturated rings. The van der Waals surface area contributed by atoms with E-state index in [1.807, 2.05) is 24.3 Å². The van der Waals surface area contributed by atoms with Gasteiger partial charge >= 0.3 is 0 Å². The molecule has 2 aromatic rings. The molecule has 1 aromatic heterocycles. The van der Waals surface area contributed by atoms with Crippen LogP contribution >= 0.6 is 11.8 Å². The summed E-state index contributed by atoms with van der Waals surface area (Å²) in [5, 5.41) is 6.37. The standard InChI is InChI=1S/C13H14N2O3S/c1-9-7-12(15-18-9)14-13(16)8-19-11-5-3-10(17-2)4-6-11/h3-7H,8H2,1-2H3,(H,14,15,16). The number of hydrogen-bond donors (Lipinski definition) is 1. The van der Waals surface area contributed by atoms with E-state index in [2.05, 4.69) is 10.5 Å². The molecule has 0 saturated carbocycles. The van der Waals surface area contributed by atoms with Crippen molar-refractivity contribution in [2.45, 2.75) is 11.8 Å². The molecule has 2 rings (SSSR count). The van der Waals surface area contributed by atoms with Gasteiger partial charge in [-0.15, -0.1) is 11.8 Å². The maximum Gasteiger partial charge on any atom is 0.235 e. The lowest BCUT2D eigenvalue weighted by molar-refractivity contribution is -0.113. The van der Waals surface area contributed by atoms with Crippen molar-refractivity contribution in [1.29, 1.82) is 0 Å². The summed E-state index contributed by atoms with van der Waals surface area (Å²) in [5.41, 5.74) is 0. The summed E-state index contributed by atoms with van der Waals surface area (Å²) in [6, 6.07) is 9.23. The molecular formula is C13H14N2O3S. The number of carbonyl (C=O) groups is 1. The molecule has 0 atom stereocenters. The Hall–Kier alpha value is -1.95. The van der Waals surface area contributed by atoms with E-state index in [1.54, 1.807) is 20.1 Å². The number of nitrogens with one attached hydrogen (secondary N) is 1. The molecule has 1 heterocycles. The zero-order valence-electron chi connectivity index (χ0n) is 10.7. The largest absolute Gasteiger partial charge is 0.497 e. The third-order valence-corrected chi connectivity index (χ3v) is 3.34. The Balaban J connectivity index is 1.82. The lowest BCUT2D eigenvalue weighted by atomic mass is 10.3. The van der Waals surface area contributed by atoms with Crippen LogP contribution in [0.5, 0.6) is 5.75 Å². The van der Waals surface area contributed by atoms with Gasteiger partial charge in [0.1, 0.15) is 11.5 Å². The Morgan fingerprint density at radius 1 is 1.42 bits per heavy atom. The first-order valence-corrected chi connectivity index (χ1v) is 6.66. The van der Waals surface area contributed by atoms with Crippen molar-refractivity contribution in [1.82, 2.24) is 5.16 Å². The van der Waals surface area contributed by atoms with Crippen LogP contribution in [0.1, 0.15) is 5.76 Å². The molecule has 5 nitrogen and oxygen atoms in total. The molecule has 0 unspecified atom stereocenters. The highest BCUT2D eigenvalue weighted by molar-refractivity contribution is 8.00. The third-order valence-electron chi connectivity index (χ3n) is 2.32. The fraction of sp³-hybridized carbons (Fsp3) is 0.231. The molecule has 0 saturated heterocycles. The Morgan fingerprint density at radius 3 is 2.74 bits per heavy atom. The molecule has 0 radical (unpaired) electrons. The molecule has 19 heavy (non-hydrogen) atoms. The highest BCUT2D eigenvalue weighted by Gasteiger charge is 2.06. The van der Waals surface area contributed by atoms with Crippen molar-refractivity contribution < 1.29 is 14.1 Å². The second kappa shape index (κ2) is 6.29. The van der Waals surface area contributed by atoms with Gasteiger partial charge in [0.25, 0.3) is 0 Å². The van der Waals surface area contributed by atoms with E-state index in [0.29, 0.717) is 17.3 Å². The van der Waals surface area contributed by atoms with Gasteiger partial charge in [-0.25, -0.2) is 0 Å². The molecule has 1 N–H and O–H groups in total. The van der Waals surface area contributed by atoms with Crippen LogP contribution in [0.4, 0.5) is 5.82 Å². The van der Waals surface area contributed by atoms with E-state index in [4.69, 9.17) is 9.26 Å². The average Bonchev–Trinajstić information content (AvgIpc) is 2.82. The number of aromatic nitrogens is 1. The van der Waals surface area contributed by atoms with Gasteiger partial charge in [-0.05, 0) is 31.2 Å². The second-order valence-corrected chi connectivity index (χ2v) is 4.88. The van der Waals surface area contributed by atoms with Crippen LogP contribution in [0, 0.1) is 6.92 Å². The summed E-state index contributed by atoms with van der Waals surface area (Å²) < 4.78 is 9.94. The number of hydrogen-bond acceptors (Lipinski definition) is 5. The van der Waals surface area contributed by atoms with E-state index in [1.165, 1.54) is 11.8 Å². The summed E-state index contributed by atoms with van der Waals surface area (Å²) in [5.74, 6) is 2.11. The van der Waals surface area contributed by atoms with Gasteiger partial charge in [-0.1, -0.05) is 5.16 Å². The fourth-order valence-electron chi connectivity index (χ4n) is 1.43. The summed E-state index contributed by atoms with van der Waals surface area (Å²) in [6.07, 6.45) is 0. The van der Waals surface area contributed by atoms with E-state index in [0.717, 1.165) is 10.6 Å². The number of carbonyl (C=O) groups excluding carboxylic acids is 1. The first-order valence-electron chi connectivity index (χ1n) is 5.67. The summed E-state index contributed by atoms with van der Waals surface area (Å²) in [6.45, 7) is 1.77. The quantitative estimate of drug-likeness (QED) is 0.852. The van der Waals surface area contributed by atoms with Gasteiger partial charge in [0, 0.05) is 11.0 Å². The first-order chi connectivity index (χ1) is 9.17. The molecule has 0 bridgehead atoms. The van der Waals surface area contributed by atoms with E-state index in [9.17, 15) is 4.79 Å². The van der Waals surface area contributed by atoms with Crippen LogP contribution in [-0.4, -0.2) is 23.9 Å². The van der Waals surface area contributed by atoms with Gasteiger partial charge < -0.3 is 14.6 Å². The van der Waals surface area contributed by atoms with E-state index >= 15 is 0 Å². The van der Waals surface area contributed by atoms with Crippen LogP contribution in [0.2, 0.25) is 0 Å². The number of thioether (sulfide) groups is 1.